The lowest BCUT2D eigenvalue weighted by atomic mass is 10.1. The van der Waals surface area contributed by atoms with Crippen molar-refractivity contribution in [3.05, 3.63) is 35.4 Å². The van der Waals surface area contributed by atoms with Gasteiger partial charge in [-0.3, -0.25) is 4.79 Å². The van der Waals surface area contributed by atoms with Crippen LogP contribution in [0.25, 0.3) is 0 Å². The maximum atomic E-state index is 10.3. The predicted octanol–water partition coefficient (Wildman–Crippen LogP) is 2.96. The van der Waals surface area contributed by atoms with Gasteiger partial charge in [-0.2, -0.15) is 11.8 Å². The molecule has 0 aliphatic rings. The Morgan fingerprint density at radius 1 is 1.27 bits per heavy atom. The van der Waals surface area contributed by atoms with Gasteiger partial charge in [0.05, 0.1) is 6.42 Å². The molecule has 1 aromatic rings. The molecular weight excluding hydrogens is 208 g/mol. The molecule has 0 radical (unpaired) electrons. The molecule has 0 saturated carbocycles. The molecule has 2 nitrogen and oxygen atoms in total. The number of hydrogen-bond donors (Lipinski definition) is 1. The van der Waals surface area contributed by atoms with Crippen molar-refractivity contribution in [3.8, 4) is 0 Å². The fourth-order valence-electron chi connectivity index (χ4n) is 1.22. The van der Waals surface area contributed by atoms with Gasteiger partial charge in [0.15, 0.2) is 0 Å². The molecule has 0 saturated heterocycles. The Bertz CT molecular complexity index is 306. The summed E-state index contributed by atoms with van der Waals surface area (Å²) in [6, 6.07) is 8.50. The third-order valence-corrected chi connectivity index (χ3v) is 3.19. The Balaban J connectivity index is 2.28. The molecule has 1 rings (SSSR count). The first kappa shape index (κ1) is 12.1. The van der Waals surface area contributed by atoms with Gasteiger partial charge in [0.2, 0.25) is 0 Å². The minimum absolute atomic E-state index is 0.248. The van der Waals surface area contributed by atoms with Gasteiger partial charge in [-0.25, -0.2) is 0 Å². The van der Waals surface area contributed by atoms with E-state index in [2.05, 4.69) is 31.2 Å². The van der Waals surface area contributed by atoms with E-state index in [1.807, 2.05) is 0 Å². The van der Waals surface area contributed by atoms with Crippen LogP contribution in [0.3, 0.4) is 0 Å². The van der Waals surface area contributed by atoms with Crippen LogP contribution < -0.4 is 0 Å². The highest BCUT2D eigenvalue weighted by atomic mass is 32.2. The van der Waals surface area contributed by atoms with Crippen LogP contribution in [-0.2, 0) is 17.0 Å². The predicted molar refractivity (Wildman–Crippen MR) is 64.2 cm³/mol. The van der Waals surface area contributed by atoms with E-state index in [1.165, 1.54) is 11.1 Å². The molecule has 0 bridgehead atoms. The van der Waals surface area contributed by atoms with E-state index in [0.29, 0.717) is 5.75 Å². The van der Waals surface area contributed by atoms with Gasteiger partial charge in [0, 0.05) is 11.5 Å². The van der Waals surface area contributed by atoms with E-state index in [0.717, 1.165) is 12.2 Å². The van der Waals surface area contributed by atoms with Gasteiger partial charge in [-0.15, -0.1) is 0 Å². The summed E-state index contributed by atoms with van der Waals surface area (Å²) in [5.41, 5.74) is 2.61. The largest absolute Gasteiger partial charge is 0.481 e. The third kappa shape index (κ3) is 4.88. The van der Waals surface area contributed by atoms with Gasteiger partial charge in [-0.1, -0.05) is 31.2 Å². The van der Waals surface area contributed by atoms with Gasteiger partial charge < -0.3 is 5.11 Å². The van der Waals surface area contributed by atoms with E-state index in [1.54, 1.807) is 11.8 Å². The SMILES string of the molecule is CCc1ccc(CSCCC(=O)O)cc1. The monoisotopic (exact) mass is 224 g/mol. The van der Waals surface area contributed by atoms with E-state index in [-0.39, 0.29) is 6.42 Å². The number of benzene rings is 1. The Kier molecular flexibility index (Phi) is 5.26. The van der Waals surface area contributed by atoms with Crippen molar-refractivity contribution in [2.75, 3.05) is 5.75 Å². The number of rotatable bonds is 6. The second-order valence-electron chi connectivity index (χ2n) is 3.37. The molecule has 0 aromatic heterocycles. The van der Waals surface area contributed by atoms with Gasteiger partial charge in [0.1, 0.15) is 0 Å². The van der Waals surface area contributed by atoms with Gasteiger partial charge >= 0.3 is 5.97 Å². The van der Waals surface area contributed by atoms with Crippen molar-refractivity contribution < 1.29 is 9.90 Å². The number of thioether (sulfide) groups is 1. The highest BCUT2D eigenvalue weighted by Crippen LogP contribution is 2.14. The summed E-state index contributed by atoms with van der Waals surface area (Å²) >= 11 is 1.67. The number of carbonyl (C=O) groups is 1. The van der Waals surface area contributed by atoms with E-state index >= 15 is 0 Å². The third-order valence-electron chi connectivity index (χ3n) is 2.16. The summed E-state index contributed by atoms with van der Waals surface area (Å²) in [4.78, 5) is 10.3. The fourth-order valence-corrected chi connectivity index (χ4v) is 2.11. The van der Waals surface area contributed by atoms with Crippen LogP contribution in [0.5, 0.6) is 0 Å². The first-order chi connectivity index (χ1) is 7.22. The first-order valence-electron chi connectivity index (χ1n) is 5.09. The second kappa shape index (κ2) is 6.51. The standard InChI is InChI=1S/C12H16O2S/c1-2-10-3-5-11(6-4-10)9-15-8-7-12(13)14/h3-6H,2,7-9H2,1H3,(H,13,14). The molecule has 0 amide bonds. The Morgan fingerprint density at radius 2 is 1.87 bits per heavy atom. The Labute approximate surface area is 94.7 Å². The first-order valence-corrected chi connectivity index (χ1v) is 6.25. The summed E-state index contributed by atoms with van der Waals surface area (Å²) in [5, 5.41) is 8.47. The van der Waals surface area contributed by atoms with Crippen LogP contribution in [0.4, 0.5) is 0 Å². The highest BCUT2D eigenvalue weighted by Gasteiger charge is 1.98. The molecule has 0 aliphatic heterocycles. The molecule has 15 heavy (non-hydrogen) atoms. The van der Waals surface area contributed by atoms with Crippen LogP contribution >= 0.6 is 11.8 Å². The second-order valence-corrected chi connectivity index (χ2v) is 4.47. The van der Waals surface area contributed by atoms with Crippen LogP contribution in [-0.4, -0.2) is 16.8 Å². The minimum atomic E-state index is -0.719. The number of aryl methyl sites for hydroxylation is 1. The smallest absolute Gasteiger partial charge is 0.304 e. The zero-order valence-corrected chi connectivity index (χ0v) is 9.72. The highest BCUT2D eigenvalue weighted by molar-refractivity contribution is 7.98. The van der Waals surface area contributed by atoms with Crippen molar-refractivity contribution in [2.24, 2.45) is 0 Å². The number of aliphatic carboxylic acids is 1. The summed E-state index contributed by atoms with van der Waals surface area (Å²) in [5.74, 6) is 0.867. The van der Waals surface area contributed by atoms with Crippen LogP contribution in [0.2, 0.25) is 0 Å². The zero-order chi connectivity index (χ0) is 11.1. The number of hydrogen-bond acceptors (Lipinski definition) is 2. The van der Waals surface area contributed by atoms with E-state index < -0.39 is 5.97 Å². The summed E-state index contributed by atoms with van der Waals surface area (Å²) in [6.45, 7) is 2.14. The zero-order valence-electron chi connectivity index (χ0n) is 8.90. The van der Waals surface area contributed by atoms with E-state index in [9.17, 15) is 4.79 Å². The molecule has 0 heterocycles. The molecule has 82 valence electrons. The Morgan fingerprint density at radius 3 is 2.40 bits per heavy atom. The summed E-state index contributed by atoms with van der Waals surface area (Å²) in [6.07, 6.45) is 1.31. The lowest BCUT2D eigenvalue weighted by molar-refractivity contribution is -0.136. The summed E-state index contributed by atoms with van der Waals surface area (Å²) < 4.78 is 0. The van der Waals surface area contributed by atoms with Crippen LogP contribution in [0, 0.1) is 0 Å². The quantitative estimate of drug-likeness (QED) is 0.755. The Hall–Kier alpha value is -0.960. The van der Waals surface area contributed by atoms with Crippen molar-refractivity contribution >= 4 is 17.7 Å². The van der Waals surface area contributed by atoms with Crippen LogP contribution in [0.1, 0.15) is 24.5 Å². The van der Waals surface area contributed by atoms with Crippen LogP contribution in [0.15, 0.2) is 24.3 Å². The molecule has 0 atom stereocenters. The fraction of sp³-hybridized carbons (Fsp3) is 0.417. The molecule has 0 unspecified atom stereocenters. The molecule has 3 heteroatoms. The minimum Gasteiger partial charge on any atom is -0.481 e. The normalized spacial score (nSPS) is 10.2. The van der Waals surface area contributed by atoms with E-state index in [4.69, 9.17) is 5.11 Å². The molecule has 1 N–H and O–H groups in total. The average molecular weight is 224 g/mol. The van der Waals surface area contributed by atoms with Gasteiger partial charge in [0.25, 0.3) is 0 Å². The molecular formula is C12H16O2S. The number of carboxylic acids is 1. The maximum absolute atomic E-state index is 10.3. The van der Waals surface area contributed by atoms with Crippen molar-refractivity contribution in [1.82, 2.24) is 0 Å². The van der Waals surface area contributed by atoms with Crippen molar-refractivity contribution in [1.29, 1.82) is 0 Å². The van der Waals surface area contributed by atoms with Crippen molar-refractivity contribution in [2.45, 2.75) is 25.5 Å². The van der Waals surface area contributed by atoms with Crippen molar-refractivity contribution in [3.63, 3.8) is 0 Å². The molecule has 0 fully saturated rings. The lowest BCUT2D eigenvalue weighted by Gasteiger charge is -2.02. The van der Waals surface area contributed by atoms with Gasteiger partial charge in [-0.05, 0) is 17.5 Å². The molecule has 0 aliphatic carbocycles. The maximum Gasteiger partial charge on any atom is 0.304 e. The molecule has 0 spiro atoms. The number of carboxylic acid groups (broad SMARTS) is 1. The lowest BCUT2D eigenvalue weighted by Crippen LogP contribution is -1.96. The average Bonchev–Trinajstić information content (AvgIpc) is 2.25. The topological polar surface area (TPSA) is 37.3 Å². The molecule has 1 aromatic carbocycles. The summed E-state index contributed by atoms with van der Waals surface area (Å²) in [7, 11) is 0.